The summed E-state index contributed by atoms with van der Waals surface area (Å²) in [6.45, 7) is 5.35. The fourth-order valence-electron chi connectivity index (χ4n) is 3.47. The van der Waals surface area contributed by atoms with Gasteiger partial charge in [-0.05, 0) is 45.4 Å². The molecule has 1 aromatic rings. The molecule has 0 aromatic heterocycles. The van der Waals surface area contributed by atoms with Gasteiger partial charge in [0, 0.05) is 32.1 Å². The second kappa shape index (κ2) is 9.00. The SMILES string of the molecule is CN(CCC(=O)Nc1ccc2c(c1)C(=O)N(C1CCC(=O)NC1=O)C2=O)C(=O)OC(C)(C)C. The quantitative estimate of drug-likeness (QED) is 0.633. The van der Waals surface area contributed by atoms with Crippen molar-refractivity contribution in [2.45, 2.75) is 51.7 Å². The van der Waals surface area contributed by atoms with Crippen molar-refractivity contribution in [2.24, 2.45) is 0 Å². The minimum atomic E-state index is -1.06. The van der Waals surface area contributed by atoms with E-state index in [2.05, 4.69) is 10.6 Å². The summed E-state index contributed by atoms with van der Waals surface area (Å²) in [6, 6.07) is 3.20. The Morgan fingerprint density at radius 3 is 2.45 bits per heavy atom. The van der Waals surface area contributed by atoms with Crippen molar-refractivity contribution < 1.29 is 33.5 Å². The van der Waals surface area contributed by atoms with Crippen molar-refractivity contribution in [3.05, 3.63) is 29.3 Å². The number of imide groups is 2. The van der Waals surface area contributed by atoms with Crippen molar-refractivity contribution in [2.75, 3.05) is 18.9 Å². The minimum Gasteiger partial charge on any atom is -0.444 e. The first-order valence-electron chi connectivity index (χ1n) is 10.5. The molecule has 2 aliphatic heterocycles. The molecule has 0 spiro atoms. The number of carbonyl (C=O) groups is 6. The smallest absolute Gasteiger partial charge is 0.410 e. The number of ether oxygens (including phenoxy) is 1. The van der Waals surface area contributed by atoms with Gasteiger partial charge in [0.15, 0.2) is 0 Å². The normalized spacial score (nSPS) is 18.1. The summed E-state index contributed by atoms with van der Waals surface area (Å²) in [7, 11) is 1.52. The number of rotatable bonds is 5. The number of hydrogen-bond acceptors (Lipinski definition) is 7. The average Bonchev–Trinajstić information content (AvgIpc) is 2.95. The summed E-state index contributed by atoms with van der Waals surface area (Å²) in [4.78, 5) is 75.5. The Morgan fingerprint density at radius 1 is 1.15 bits per heavy atom. The van der Waals surface area contributed by atoms with Crippen molar-refractivity contribution in [1.82, 2.24) is 15.1 Å². The van der Waals surface area contributed by atoms with Gasteiger partial charge in [0.1, 0.15) is 11.6 Å². The van der Waals surface area contributed by atoms with E-state index < -0.39 is 47.3 Å². The number of amides is 6. The summed E-state index contributed by atoms with van der Waals surface area (Å²) in [5, 5.41) is 4.77. The number of nitrogens with one attached hydrogen (secondary N) is 2. The predicted molar refractivity (Wildman–Crippen MR) is 115 cm³/mol. The number of fused-ring (bicyclic) bond motifs is 1. The highest BCUT2D eigenvalue weighted by atomic mass is 16.6. The van der Waals surface area contributed by atoms with Gasteiger partial charge in [-0.1, -0.05) is 0 Å². The number of anilines is 1. The first-order chi connectivity index (χ1) is 15.4. The van der Waals surface area contributed by atoms with Crippen molar-refractivity contribution in [3.8, 4) is 0 Å². The average molecular weight is 458 g/mol. The molecule has 2 aliphatic rings. The number of carbonyl (C=O) groups excluding carboxylic acids is 6. The zero-order chi connectivity index (χ0) is 24.5. The van der Waals surface area contributed by atoms with E-state index in [0.717, 1.165) is 4.90 Å². The van der Waals surface area contributed by atoms with Crippen LogP contribution in [0.1, 0.15) is 60.7 Å². The van der Waals surface area contributed by atoms with Gasteiger partial charge in [0.05, 0.1) is 11.1 Å². The van der Waals surface area contributed by atoms with Crippen LogP contribution < -0.4 is 10.6 Å². The Bertz CT molecular complexity index is 1040. The maximum Gasteiger partial charge on any atom is 0.410 e. The summed E-state index contributed by atoms with van der Waals surface area (Å²) < 4.78 is 5.23. The van der Waals surface area contributed by atoms with Crippen LogP contribution in [0.2, 0.25) is 0 Å². The molecule has 1 atom stereocenters. The second-order valence-corrected chi connectivity index (χ2v) is 8.91. The highest BCUT2D eigenvalue weighted by Gasteiger charge is 2.44. The van der Waals surface area contributed by atoms with E-state index in [0.29, 0.717) is 5.69 Å². The molecule has 3 rings (SSSR count). The maximum atomic E-state index is 12.8. The number of benzene rings is 1. The van der Waals surface area contributed by atoms with Crippen molar-refractivity contribution in [1.29, 1.82) is 0 Å². The standard InChI is InChI=1S/C22H26N4O7/c1-22(2,3)33-21(32)25(4)10-9-17(28)23-12-5-6-13-14(11-12)20(31)26(19(13)30)15-7-8-16(27)24-18(15)29/h5-6,11,15H,7-10H2,1-4H3,(H,23,28)(H,24,27,29). The highest BCUT2D eigenvalue weighted by Crippen LogP contribution is 2.29. The van der Waals surface area contributed by atoms with Crippen molar-refractivity contribution in [3.63, 3.8) is 0 Å². The summed E-state index contributed by atoms with van der Waals surface area (Å²) in [6.07, 6.45) is -0.471. The van der Waals surface area contributed by atoms with E-state index in [-0.39, 0.29) is 36.9 Å². The fourth-order valence-corrected chi connectivity index (χ4v) is 3.47. The van der Waals surface area contributed by atoms with Gasteiger partial charge in [0.25, 0.3) is 11.8 Å². The summed E-state index contributed by atoms with van der Waals surface area (Å²) in [5.74, 6) is -2.82. The van der Waals surface area contributed by atoms with E-state index in [9.17, 15) is 28.8 Å². The molecule has 1 saturated heterocycles. The Balaban J connectivity index is 1.63. The van der Waals surface area contributed by atoms with Crippen LogP contribution in [0.3, 0.4) is 0 Å². The Labute approximate surface area is 190 Å². The molecule has 1 aromatic carbocycles. The molecule has 0 radical (unpaired) electrons. The van der Waals surface area contributed by atoms with Crippen LogP contribution in [0, 0.1) is 0 Å². The molecule has 6 amide bonds. The van der Waals surface area contributed by atoms with Gasteiger partial charge in [-0.2, -0.15) is 0 Å². The fraction of sp³-hybridized carbons (Fsp3) is 0.455. The maximum absolute atomic E-state index is 12.8. The topological polar surface area (TPSA) is 142 Å². The van der Waals surface area contributed by atoms with E-state index in [1.165, 1.54) is 30.1 Å². The molecule has 1 fully saturated rings. The molecule has 11 nitrogen and oxygen atoms in total. The molecule has 33 heavy (non-hydrogen) atoms. The second-order valence-electron chi connectivity index (χ2n) is 8.91. The van der Waals surface area contributed by atoms with Crippen molar-refractivity contribution >= 4 is 41.3 Å². The monoisotopic (exact) mass is 458 g/mol. The van der Waals surface area contributed by atoms with E-state index in [1.54, 1.807) is 20.8 Å². The van der Waals surface area contributed by atoms with E-state index >= 15 is 0 Å². The molecule has 0 saturated carbocycles. The van der Waals surface area contributed by atoms with Crippen LogP contribution in [0.25, 0.3) is 0 Å². The molecule has 2 N–H and O–H groups in total. The number of nitrogens with zero attached hydrogens (tertiary/aromatic N) is 2. The third-order valence-corrected chi connectivity index (χ3v) is 5.10. The van der Waals surface area contributed by atoms with Gasteiger partial charge in [0.2, 0.25) is 17.7 Å². The van der Waals surface area contributed by atoms with Gasteiger partial charge >= 0.3 is 6.09 Å². The van der Waals surface area contributed by atoms with Crippen LogP contribution in [0.4, 0.5) is 10.5 Å². The third-order valence-electron chi connectivity index (χ3n) is 5.10. The third kappa shape index (κ3) is 5.36. The van der Waals surface area contributed by atoms with Crippen LogP contribution in [0.15, 0.2) is 18.2 Å². The zero-order valence-corrected chi connectivity index (χ0v) is 18.9. The van der Waals surface area contributed by atoms with Crippen LogP contribution >= 0.6 is 0 Å². The van der Waals surface area contributed by atoms with E-state index in [1.807, 2.05) is 0 Å². The number of hydrogen-bond donors (Lipinski definition) is 2. The van der Waals surface area contributed by atoms with Crippen LogP contribution in [-0.4, -0.2) is 70.7 Å². The van der Waals surface area contributed by atoms with E-state index in [4.69, 9.17) is 4.74 Å². The molecular formula is C22H26N4O7. The first kappa shape index (κ1) is 23.9. The predicted octanol–water partition coefficient (Wildman–Crippen LogP) is 1.28. The molecule has 176 valence electrons. The molecule has 11 heteroatoms. The number of piperidine rings is 1. The molecule has 1 unspecified atom stereocenters. The van der Waals surface area contributed by atoms with Crippen LogP contribution in [-0.2, 0) is 19.1 Å². The lowest BCUT2D eigenvalue weighted by Crippen LogP contribution is -2.54. The van der Waals surface area contributed by atoms with Gasteiger partial charge in [-0.25, -0.2) is 4.79 Å². The van der Waals surface area contributed by atoms with Gasteiger partial charge in [-0.15, -0.1) is 0 Å². The summed E-state index contributed by atoms with van der Waals surface area (Å²) in [5.41, 5.74) is -0.172. The Morgan fingerprint density at radius 2 is 1.82 bits per heavy atom. The highest BCUT2D eigenvalue weighted by molar-refractivity contribution is 6.23. The Hall–Kier alpha value is -3.76. The van der Waals surface area contributed by atoms with Crippen LogP contribution in [0.5, 0.6) is 0 Å². The molecule has 0 bridgehead atoms. The Kier molecular flexibility index (Phi) is 6.52. The minimum absolute atomic E-state index is 0.0118. The molecular weight excluding hydrogens is 432 g/mol. The van der Waals surface area contributed by atoms with Gasteiger partial charge < -0.3 is 15.0 Å². The largest absolute Gasteiger partial charge is 0.444 e. The molecule has 2 heterocycles. The lowest BCUT2D eigenvalue weighted by atomic mass is 10.0. The summed E-state index contributed by atoms with van der Waals surface area (Å²) >= 11 is 0. The zero-order valence-electron chi connectivity index (χ0n) is 18.9. The lowest BCUT2D eigenvalue weighted by molar-refractivity contribution is -0.136. The lowest BCUT2D eigenvalue weighted by Gasteiger charge is -2.27. The first-order valence-corrected chi connectivity index (χ1v) is 10.5. The van der Waals surface area contributed by atoms with Gasteiger partial charge in [-0.3, -0.25) is 34.2 Å². The molecule has 0 aliphatic carbocycles.